The summed E-state index contributed by atoms with van der Waals surface area (Å²) < 4.78 is 4.44. The van der Waals surface area contributed by atoms with E-state index in [0.717, 1.165) is 0 Å². The van der Waals surface area contributed by atoms with E-state index < -0.39 is 11.5 Å². The highest BCUT2D eigenvalue weighted by atomic mass is 35.5. The van der Waals surface area contributed by atoms with Gasteiger partial charge in [-0.2, -0.15) is 0 Å². The number of benzene rings is 1. The van der Waals surface area contributed by atoms with Crippen LogP contribution in [0.5, 0.6) is 0 Å². The molecule has 1 atom stereocenters. The summed E-state index contributed by atoms with van der Waals surface area (Å²) in [7, 11) is 1.28. The van der Waals surface area contributed by atoms with Crippen LogP contribution >= 0.6 is 11.6 Å². The smallest absolute Gasteiger partial charge is 0.411 e. The molecule has 0 aliphatic carbocycles. The molecule has 0 bridgehead atoms. The van der Waals surface area contributed by atoms with Gasteiger partial charge in [-0.1, -0.05) is 0 Å². The zero-order valence-electron chi connectivity index (χ0n) is 9.49. The molecule has 1 unspecified atom stereocenters. The lowest BCUT2D eigenvalue weighted by Crippen LogP contribution is -2.20. The lowest BCUT2D eigenvalue weighted by Gasteiger charge is -2.08. The van der Waals surface area contributed by atoms with Gasteiger partial charge in [0.05, 0.1) is 7.11 Å². The SMILES string of the molecule is COC(=O)Nc1ccc(NC(=O)C(C)Cl)cc1. The standard InChI is InChI=1S/C11H13ClN2O3/c1-7(12)10(15)13-8-3-5-9(6-4-8)14-11(16)17-2/h3-7H,1-2H3,(H,13,15)(H,14,16). The third-order valence-electron chi connectivity index (χ3n) is 1.95. The molecule has 0 aliphatic heterocycles. The molecular formula is C11H13ClN2O3. The van der Waals surface area contributed by atoms with Gasteiger partial charge in [0.25, 0.3) is 0 Å². The highest BCUT2D eigenvalue weighted by molar-refractivity contribution is 6.32. The van der Waals surface area contributed by atoms with Gasteiger partial charge in [0.1, 0.15) is 5.38 Å². The number of nitrogens with one attached hydrogen (secondary N) is 2. The second kappa shape index (κ2) is 6.10. The Bertz CT molecular complexity index is 404. The third-order valence-corrected chi connectivity index (χ3v) is 2.14. The first-order valence-corrected chi connectivity index (χ1v) is 5.36. The van der Waals surface area contributed by atoms with E-state index in [1.807, 2.05) is 0 Å². The minimum atomic E-state index is -0.595. The number of hydrogen-bond acceptors (Lipinski definition) is 3. The second-order valence-corrected chi connectivity index (χ2v) is 3.95. The van der Waals surface area contributed by atoms with Crippen molar-refractivity contribution in [2.24, 2.45) is 0 Å². The topological polar surface area (TPSA) is 67.4 Å². The third kappa shape index (κ3) is 4.32. The van der Waals surface area contributed by atoms with Gasteiger partial charge in [0.2, 0.25) is 5.91 Å². The van der Waals surface area contributed by atoms with Crippen molar-refractivity contribution in [3.05, 3.63) is 24.3 Å². The van der Waals surface area contributed by atoms with Gasteiger partial charge in [-0.3, -0.25) is 10.1 Å². The number of halogens is 1. The summed E-state index contributed by atoms with van der Waals surface area (Å²) in [5.41, 5.74) is 1.19. The first-order chi connectivity index (χ1) is 8.02. The average Bonchev–Trinajstić information content (AvgIpc) is 2.31. The average molecular weight is 257 g/mol. The number of anilines is 2. The summed E-state index contributed by atoms with van der Waals surface area (Å²) in [4.78, 5) is 22.2. The van der Waals surface area contributed by atoms with Crippen molar-refractivity contribution >= 4 is 35.0 Å². The van der Waals surface area contributed by atoms with Crippen molar-refractivity contribution in [1.82, 2.24) is 0 Å². The van der Waals surface area contributed by atoms with Gasteiger partial charge in [0, 0.05) is 11.4 Å². The number of rotatable bonds is 3. The van der Waals surface area contributed by atoms with E-state index in [4.69, 9.17) is 11.6 Å². The maximum atomic E-state index is 11.3. The van der Waals surface area contributed by atoms with Crippen LogP contribution in [0, 0.1) is 0 Å². The van der Waals surface area contributed by atoms with Crippen molar-refractivity contribution in [2.45, 2.75) is 12.3 Å². The molecule has 6 heteroatoms. The Balaban J connectivity index is 2.62. The number of hydrogen-bond donors (Lipinski definition) is 2. The first-order valence-electron chi connectivity index (χ1n) is 4.93. The Morgan fingerprint density at radius 2 is 1.65 bits per heavy atom. The summed E-state index contributed by atoms with van der Waals surface area (Å²) in [5, 5.41) is 4.52. The molecule has 0 fully saturated rings. The molecule has 92 valence electrons. The van der Waals surface area contributed by atoms with Gasteiger partial charge in [-0.05, 0) is 31.2 Å². The molecule has 0 aromatic heterocycles. The van der Waals surface area contributed by atoms with Crippen LogP contribution in [0.4, 0.5) is 16.2 Å². The fraction of sp³-hybridized carbons (Fsp3) is 0.273. The number of ether oxygens (including phenoxy) is 1. The number of alkyl halides is 1. The normalized spacial score (nSPS) is 11.5. The van der Waals surface area contributed by atoms with E-state index in [1.54, 1.807) is 31.2 Å². The quantitative estimate of drug-likeness (QED) is 0.816. The van der Waals surface area contributed by atoms with Crippen molar-refractivity contribution in [3.8, 4) is 0 Å². The Morgan fingerprint density at radius 1 is 1.18 bits per heavy atom. The minimum Gasteiger partial charge on any atom is -0.453 e. The first kappa shape index (κ1) is 13.3. The van der Waals surface area contributed by atoms with Gasteiger partial charge < -0.3 is 10.1 Å². The summed E-state index contributed by atoms with van der Waals surface area (Å²) in [5.74, 6) is -0.277. The predicted molar refractivity (Wildman–Crippen MR) is 66.4 cm³/mol. The van der Waals surface area contributed by atoms with Gasteiger partial charge in [-0.25, -0.2) is 4.79 Å². The molecular weight excluding hydrogens is 244 g/mol. The van der Waals surface area contributed by atoms with Crippen molar-refractivity contribution in [1.29, 1.82) is 0 Å². The molecule has 1 aromatic carbocycles. The number of carbonyl (C=O) groups is 2. The van der Waals surface area contributed by atoms with E-state index >= 15 is 0 Å². The highest BCUT2D eigenvalue weighted by Gasteiger charge is 2.08. The van der Waals surface area contributed by atoms with Crippen LogP contribution < -0.4 is 10.6 Å². The van der Waals surface area contributed by atoms with Crippen molar-refractivity contribution in [2.75, 3.05) is 17.7 Å². The Kier molecular flexibility index (Phi) is 4.78. The summed E-state index contributed by atoms with van der Waals surface area (Å²) in [6.45, 7) is 1.59. The van der Waals surface area contributed by atoms with E-state index in [2.05, 4.69) is 15.4 Å². The lowest BCUT2D eigenvalue weighted by atomic mass is 10.2. The molecule has 0 saturated heterocycles. The molecule has 1 aromatic rings. The molecule has 0 spiro atoms. The van der Waals surface area contributed by atoms with Crippen LogP contribution in [0.2, 0.25) is 0 Å². The molecule has 2 N–H and O–H groups in total. The Morgan fingerprint density at radius 3 is 2.06 bits per heavy atom. The fourth-order valence-corrected chi connectivity index (χ4v) is 1.10. The second-order valence-electron chi connectivity index (χ2n) is 3.30. The van der Waals surface area contributed by atoms with Crippen LogP contribution in [0.15, 0.2) is 24.3 Å². The van der Waals surface area contributed by atoms with E-state index in [-0.39, 0.29) is 5.91 Å². The van der Waals surface area contributed by atoms with E-state index in [9.17, 15) is 9.59 Å². The summed E-state index contributed by atoms with van der Waals surface area (Å²) in [6, 6.07) is 6.60. The molecule has 0 radical (unpaired) electrons. The summed E-state index contributed by atoms with van der Waals surface area (Å²) in [6.07, 6.45) is -0.545. The molecule has 2 amide bonds. The number of methoxy groups -OCH3 is 1. The molecule has 0 aliphatic rings. The van der Waals surface area contributed by atoms with Gasteiger partial charge in [0.15, 0.2) is 0 Å². The fourth-order valence-electron chi connectivity index (χ4n) is 1.05. The highest BCUT2D eigenvalue weighted by Crippen LogP contribution is 2.14. The molecule has 1 rings (SSSR count). The van der Waals surface area contributed by atoms with E-state index in [0.29, 0.717) is 11.4 Å². The zero-order valence-corrected chi connectivity index (χ0v) is 10.2. The largest absolute Gasteiger partial charge is 0.453 e. The van der Waals surface area contributed by atoms with Crippen LogP contribution in [0.25, 0.3) is 0 Å². The maximum absolute atomic E-state index is 11.3. The summed E-state index contributed by atoms with van der Waals surface area (Å²) >= 11 is 5.61. The Labute approximate surface area is 104 Å². The maximum Gasteiger partial charge on any atom is 0.411 e. The Hall–Kier alpha value is -1.75. The zero-order chi connectivity index (χ0) is 12.8. The monoisotopic (exact) mass is 256 g/mol. The molecule has 17 heavy (non-hydrogen) atoms. The molecule has 0 heterocycles. The van der Waals surface area contributed by atoms with Gasteiger partial charge in [-0.15, -0.1) is 11.6 Å². The van der Waals surface area contributed by atoms with Crippen LogP contribution in [0.3, 0.4) is 0 Å². The van der Waals surface area contributed by atoms with Crippen molar-refractivity contribution < 1.29 is 14.3 Å². The lowest BCUT2D eigenvalue weighted by molar-refractivity contribution is -0.115. The number of carbonyl (C=O) groups excluding carboxylic acids is 2. The van der Waals surface area contributed by atoms with Crippen LogP contribution in [-0.4, -0.2) is 24.5 Å². The number of amides is 2. The minimum absolute atomic E-state index is 0.277. The molecule has 0 saturated carbocycles. The van der Waals surface area contributed by atoms with Crippen LogP contribution in [0.1, 0.15) is 6.92 Å². The predicted octanol–water partition coefficient (Wildman–Crippen LogP) is 2.43. The van der Waals surface area contributed by atoms with Crippen LogP contribution in [-0.2, 0) is 9.53 Å². The van der Waals surface area contributed by atoms with Gasteiger partial charge >= 0.3 is 6.09 Å². The molecule has 5 nitrogen and oxygen atoms in total. The van der Waals surface area contributed by atoms with E-state index in [1.165, 1.54) is 7.11 Å². The van der Waals surface area contributed by atoms with Crippen molar-refractivity contribution in [3.63, 3.8) is 0 Å².